The highest BCUT2D eigenvalue weighted by Crippen LogP contribution is 2.86. The van der Waals surface area contributed by atoms with Crippen LogP contribution in [0.25, 0.3) is 0 Å². The lowest BCUT2D eigenvalue weighted by molar-refractivity contribution is 0.0799. The third-order valence-electron chi connectivity index (χ3n) is 3.23. The summed E-state index contributed by atoms with van der Waals surface area (Å²) in [5, 5.41) is 0. The lowest BCUT2D eigenvalue weighted by Gasteiger charge is -2.36. The van der Waals surface area contributed by atoms with E-state index in [1.165, 1.54) is 0 Å². The van der Waals surface area contributed by atoms with E-state index < -0.39 is 19.5 Å². The monoisotopic (exact) mass is 405 g/mol. The molecule has 0 saturated carbocycles. The van der Waals surface area contributed by atoms with Crippen LogP contribution < -0.4 is 0 Å². The van der Waals surface area contributed by atoms with Crippen molar-refractivity contribution in [1.82, 2.24) is 0 Å². The van der Waals surface area contributed by atoms with Crippen molar-refractivity contribution in [1.29, 1.82) is 0 Å². The van der Waals surface area contributed by atoms with Crippen molar-refractivity contribution in [3.8, 4) is 0 Å². The van der Waals surface area contributed by atoms with Crippen molar-refractivity contribution in [2.75, 3.05) is 13.2 Å². The molecule has 2 aliphatic rings. The number of fused-ring (bicyclic) bond motifs is 1. The summed E-state index contributed by atoms with van der Waals surface area (Å²) < 4.78 is 23.8. The molecule has 0 fully saturated rings. The molecular formula is C7H14Cl4N3O2P3. The normalized spacial score (nSPS) is 40.1. The Morgan fingerprint density at radius 1 is 0.895 bits per heavy atom. The molecule has 0 aromatic carbocycles. The molecule has 0 unspecified atom stereocenters. The van der Waals surface area contributed by atoms with Gasteiger partial charge in [0.1, 0.15) is 0 Å². The van der Waals surface area contributed by atoms with Gasteiger partial charge in [-0.3, -0.25) is 0 Å². The first-order valence-corrected chi connectivity index (χ1v) is 14.2. The summed E-state index contributed by atoms with van der Waals surface area (Å²) in [6.45, 7) is -1.01. The van der Waals surface area contributed by atoms with Gasteiger partial charge in [-0.1, -0.05) is 13.8 Å². The second-order valence-electron chi connectivity index (χ2n) is 4.42. The molecule has 0 saturated heterocycles. The fourth-order valence-electron chi connectivity index (χ4n) is 1.70. The van der Waals surface area contributed by atoms with E-state index in [0.717, 1.165) is 12.8 Å². The maximum atomic E-state index is 6.32. The topological polar surface area (TPSA) is 55.5 Å². The highest BCUT2D eigenvalue weighted by molar-refractivity contribution is 8.16. The maximum Gasteiger partial charge on any atom is 0.300 e. The molecule has 12 heteroatoms. The number of hydrogen-bond acceptors (Lipinski definition) is 5. The van der Waals surface area contributed by atoms with Crippen LogP contribution in [0.15, 0.2) is 13.5 Å². The highest BCUT2D eigenvalue weighted by Gasteiger charge is 2.41. The van der Waals surface area contributed by atoms with E-state index in [4.69, 9.17) is 54.0 Å². The van der Waals surface area contributed by atoms with Crippen LogP contribution in [0, 0.1) is 5.41 Å². The van der Waals surface area contributed by atoms with E-state index in [1.807, 2.05) is 0 Å². The lowest BCUT2D eigenvalue weighted by atomic mass is 9.84. The van der Waals surface area contributed by atoms with Gasteiger partial charge < -0.3 is 9.05 Å². The summed E-state index contributed by atoms with van der Waals surface area (Å²) in [5.41, 5.74) is -0.154. The average Bonchev–Trinajstić information content (AvgIpc) is 2.26. The second-order valence-corrected chi connectivity index (χ2v) is 15.9. The Morgan fingerprint density at radius 2 is 1.37 bits per heavy atom. The summed E-state index contributed by atoms with van der Waals surface area (Å²) in [4.78, 5) is 0. The molecule has 2 bridgehead atoms. The van der Waals surface area contributed by atoms with E-state index in [1.54, 1.807) is 0 Å². The molecule has 0 aromatic rings. The summed E-state index contributed by atoms with van der Waals surface area (Å²) >= 11 is 24.7. The van der Waals surface area contributed by atoms with Gasteiger partial charge in [0.15, 0.2) is 0 Å². The standard InChI is InChI=1S/C7H14Cl4N3O2P3/c1-3-7(4-2)5-15-18(10)12-17(8,9)13-19(11,14-18)16-6-7/h3-6H2,1-2H3/t18-,19+. The van der Waals surface area contributed by atoms with Crippen molar-refractivity contribution in [3.05, 3.63) is 0 Å². The van der Waals surface area contributed by atoms with Gasteiger partial charge in [0.05, 0.1) is 13.2 Å². The predicted octanol–water partition coefficient (Wildman–Crippen LogP) is 7.65. The molecule has 0 amide bonds. The van der Waals surface area contributed by atoms with Crippen LogP contribution in [0.1, 0.15) is 26.7 Å². The Balaban J connectivity index is 2.49. The van der Waals surface area contributed by atoms with Crippen molar-refractivity contribution < 1.29 is 9.05 Å². The Hall–Kier alpha value is 1.77. The molecule has 0 aromatic heterocycles. The fourth-order valence-corrected chi connectivity index (χ4v) is 16.6. The molecule has 0 spiro atoms. The van der Waals surface area contributed by atoms with Crippen LogP contribution in [0.5, 0.6) is 0 Å². The van der Waals surface area contributed by atoms with Crippen LogP contribution >= 0.6 is 64.4 Å². The third kappa shape index (κ3) is 3.95. The van der Waals surface area contributed by atoms with Crippen molar-refractivity contribution >= 4 is 64.4 Å². The molecule has 0 radical (unpaired) electrons. The molecule has 2 heterocycles. The van der Waals surface area contributed by atoms with Gasteiger partial charge in [0.25, 0.3) is 5.91 Å². The first-order valence-electron chi connectivity index (χ1n) is 5.65. The summed E-state index contributed by atoms with van der Waals surface area (Å²) in [6, 6.07) is 0. The zero-order valence-corrected chi connectivity index (χ0v) is 16.0. The molecule has 2 atom stereocenters. The highest BCUT2D eigenvalue weighted by atomic mass is 35.9. The fraction of sp³-hybridized carbons (Fsp3) is 1.00. The molecule has 2 rings (SSSR count). The van der Waals surface area contributed by atoms with Gasteiger partial charge in [0.2, 0.25) is 0 Å². The second kappa shape index (κ2) is 5.76. The minimum absolute atomic E-state index is 0.154. The number of hydrogen-bond donors (Lipinski definition) is 0. The van der Waals surface area contributed by atoms with Crippen molar-refractivity contribution in [3.63, 3.8) is 0 Å². The van der Waals surface area contributed by atoms with Crippen molar-refractivity contribution in [2.45, 2.75) is 26.7 Å². The van der Waals surface area contributed by atoms with Crippen LogP contribution in [-0.2, 0) is 9.05 Å². The zero-order valence-electron chi connectivity index (χ0n) is 10.3. The average molecular weight is 407 g/mol. The lowest BCUT2D eigenvalue weighted by Crippen LogP contribution is -2.30. The Labute approximate surface area is 132 Å². The Morgan fingerprint density at radius 3 is 1.84 bits per heavy atom. The number of rotatable bonds is 2. The Kier molecular flexibility index (Phi) is 5.19. The predicted molar refractivity (Wildman–Crippen MR) is 86.4 cm³/mol. The van der Waals surface area contributed by atoms with Gasteiger partial charge in [-0.2, -0.15) is 13.5 Å². The van der Waals surface area contributed by atoms with Gasteiger partial charge >= 0.3 is 13.6 Å². The summed E-state index contributed by atoms with van der Waals surface area (Å²) in [6.07, 6.45) is 1.75. The van der Waals surface area contributed by atoms with Gasteiger partial charge in [-0.05, 0) is 57.8 Å². The van der Waals surface area contributed by atoms with Crippen LogP contribution in [0.4, 0.5) is 0 Å². The molecule has 19 heavy (non-hydrogen) atoms. The van der Waals surface area contributed by atoms with Crippen LogP contribution in [-0.4, -0.2) is 13.2 Å². The Bertz CT molecular complexity index is 526. The van der Waals surface area contributed by atoms with Gasteiger partial charge in [-0.15, -0.1) is 0 Å². The third-order valence-corrected chi connectivity index (χ3v) is 14.8. The summed E-state index contributed by atoms with van der Waals surface area (Å²) in [7, 11) is 0. The molecule has 0 N–H and O–H groups in total. The van der Waals surface area contributed by atoms with E-state index in [9.17, 15) is 0 Å². The van der Waals surface area contributed by atoms with E-state index in [-0.39, 0.29) is 5.41 Å². The molecule has 5 nitrogen and oxygen atoms in total. The van der Waals surface area contributed by atoms with E-state index in [0.29, 0.717) is 13.2 Å². The number of nitrogens with zero attached hydrogens (tertiary/aromatic N) is 3. The molecular weight excluding hydrogens is 393 g/mol. The van der Waals surface area contributed by atoms with E-state index >= 15 is 0 Å². The van der Waals surface area contributed by atoms with Gasteiger partial charge in [0, 0.05) is 5.41 Å². The zero-order chi connectivity index (χ0) is 14.4. The minimum Gasteiger partial charge on any atom is -0.315 e. The first-order chi connectivity index (χ1) is 8.66. The largest absolute Gasteiger partial charge is 0.315 e. The van der Waals surface area contributed by atoms with Gasteiger partial charge in [-0.25, -0.2) is 0 Å². The first kappa shape index (κ1) is 17.1. The summed E-state index contributed by atoms with van der Waals surface area (Å²) in [5.74, 6) is -2.97. The van der Waals surface area contributed by atoms with Crippen LogP contribution in [0.3, 0.4) is 0 Å². The molecule has 0 aliphatic carbocycles. The van der Waals surface area contributed by atoms with Crippen molar-refractivity contribution in [2.24, 2.45) is 19.0 Å². The number of halogens is 4. The SMILES string of the molecule is CCC1(CC)CO[P@@]2(Cl)=NP(Cl)(Cl)=N[P@](Cl)(=N2)OC1. The molecule has 112 valence electrons. The van der Waals surface area contributed by atoms with Crippen LogP contribution in [0.2, 0.25) is 0 Å². The minimum atomic E-state index is -2.97. The maximum absolute atomic E-state index is 6.32. The molecule has 2 aliphatic heterocycles. The quantitative estimate of drug-likeness (QED) is 0.442. The smallest absolute Gasteiger partial charge is 0.300 e. The van der Waals surface area contributed by atoms with E-state index in [2.05, 4.69) is 27.4 Å².